The maximum Gasteiger partial charge on any atom is 0.131 e. The lowest BCUT2D eigenvalue weighted by atomic mass is 9.99. The normalized spacial score (nSPS) is 20.6. The van der Waals surface area contributed by atoms with Gasteiger partial charge in [0.2, 0.25) is 0 Å². The van der Waals surface area contributed by atoms with E-state index in [0.29, 0.717) is 6.04 Å². The number of aliphatic hydroxyl groups is 1. The maximum atomic E-state index is 9.11. The molecule has 0 spiro atoms. The predicted octanol–water partition coefficient (Wildman–Crippen LogP) is 2.65. The number of hydrogen-bond donors (Lipinski definition) is 1. The van der Waals surface area contributed by atoms with Crippen LogP contribution in [0.2, 0.25) is 0 Å². The number of aryl methyl sites for hydroxylation is 1. The average molecular weight is 234 g/mol. The van der Waals surface area contributed by atoms with Crippen LogP contribution in [-0.2, 0) is 6.61 Å². The van der Waals surface area contributed by atoms with Gasteiger partial charge in [-0.3, -0.25) is 0 Å². The van der Waals surface area contributed by atoms with Gasteiger partial charge in [0.05, 0.1) is 6.61 Å². The van der Waals surface area contributed by atoms with E-state index in [0.717, 1.165) is 17.9 Å². The minimum Gasteiger partial charge on any atom is -0.392 e. The van der Waals surface area contributed by atoms with E-state index < -0.39 is 0 Å². The van der Waals surface area contributed by atoms with Gasteiger partial charge in [-0.15, -0.1) is 0 Å². The predicted molar refractivity (Wildman–Crippen MR) is 70.2 cm³/mol. The van der Waals surface area contributed by atoms with Crippen LogP contribution in [0.3, 0.4) is 0 Å². The Kier molecular flexibility index (Phi) is 4.00. The van der Waals surface area contributed by atoms with Crippen LogP contribution < -0.4 is 4.90 Å². The van der Waals surface area contributed by atoms with Crippen LogP contribution in [0.15, 0.2) is 12.3 Å². The van der Waals surface area contributed by atoms with Gasteiger partial charge in [-0.25, -0.2) is 4.98 Å². The molecule has 1 unspecified atom stereocenters. The summed E-state index contributed by atoms with van der Waals surface area (Å²) in [6.07, 6.45) is 6.86. The van der Waals surface area contributed by atoms with Gasteiger partial charge in [-0.05, 0) is 49.8 Å². The zero-order valence-corrected chi connectivity index (χ0v) is 10.8. The van der Waals surface area contributed by atoms with Gasteiger partial charge >= 0.3 is 0 Å². The van der Waals surface area contributed by atoms with E-state index in [9.17, 15) is 0 Å². The summed E-state index contributed by atoms with van der Waals surface area (Å²) in [5, 5.41) is 9.11. The highest BCUT2D eigenvalue weighted by Gasteiger charge is 2.23. The molecule has 1 atom stereocenters. The maximum absolute atomic E-state index is 9.11. The number of piperidine rings is 1. The fourth-order valence-corrected chi connectivity index (χ4v) is 2.72. The molecule has 0 aliphatic carbocycles. The van der Waals surface area contributed by atoms with E-state index in [1.807, 2.05) is 6.07 Å². The van der Waals surface area contributed by atoms with E-state index in [-0.39, 0.29) is 6.61 Å². The summed E-state index contributed by atoms with van der Waals surface area (Å²) < 4.78 is 0. The summed E-state index contributed by atoms with van der Waals surface area (Å²) in [5.41, 5.74) is 2.08. The highest BCUT2D eigenvalue weighted by Crippen LogP contribution is 2.27. The number of aliphatic hydroxyl groups excluding tert-OH is 1. The summed E-state index contributed by atoms with van der Waals surface area (Å²) in [4.78, 5) is 6.98. The summed E-state index contributed by atoms with van der Waals surface area (Å²) in [5.74, 6) is 1.11. The highest BCUT2D eigenvalue weighted by molar-refractivity contribution is 5.48. The Morgan fingerprint density at radius 2 is 2.29 bits per heavy atom. The molecule has 3 heteroatoms. The Bertz CT molecular complexity index is 378. The third-order valence-electron chi connectivity index (χ3n) is 3.66. The molecule has 94 valence electrons. The van der Waals surface area contributed by atoms with Gasteiger partial charge in [0.1, 0.15) is 5.82 Å². The van der Waals surface area contributed by atoms with Gasteiger partial charge < -0.3 is 10.0 Å². The van der Waals surface area contributed by atoms with Gasteiger partial charge in [-0.1, -0.05) is 6.92 Å². The molecule has 0 saturated carbocycles. The lowest BCUT2D eigenvalue weighted by Gasteiger charge is -2.37. The zero-order valence-electron chi connectivity index (χ0n) is 10.8. The van der Waals surface area contributed by atoms with Crippen LogP contribution in [-0.4, -0.2) is 22.7 Å². The summed E-state index contributed by atoms with van der Waals surface area (Å²) >= 11 is 0. The highest BCUT2D eigenvalue weighted by atomic mass is 16.3. The molecule has 1 aliphatic rings. The minimum atomic E-state index is 0.0747. The number of rotatable bonds is 3. The van der Waals surface area contributed by atoms with Crippen LogP contribution in [0.25, 0.3) is 0 Å². The Labute approximate surface area is 103 Å². The van der Waals surface area contributed by atoms with Gasteiger partial charge in [-0.2, -0.15) is 0 Å². The molecular weight excluding hydrogens is 212 g/mol. The molecular formula is C14H22N2O. The molecule has 0 bridgehead atoms. The molecule has 1 saturated heterocycles. The molecule has 1 aromatic rings. The number of nitrogens with zero attached hydrogens (tertiary/aromatic N) is 2. The van der Waals surface area contributed by atoms with E-state index in [2.05, 4.69) is 23.7 Å². The van der Waals surface area contributed by atoms with Crippen molar-refractivity contribution < 1.29 is 5.11 Å². The quantitative estimate of drug-likeness (QED) is 0.873. The van der Waals surface area contributed by atoms with Gasteiger partial charge in [0.15, 0.2) is 0 Å². The number of anilines is 1. The van der Waals surface area contributed by atoms with E-state index in [4.69, 9.17) is 5.11 Å². The second-order valence-electron chi connectivity index (χ2n) is 4.89. The van der Waals surface area contributed by atoms with Crippen molar-refractivity contribution in [3.8, 4) is 0 Å². The van der Waals surface area contributed by atoms with Crippen LogP contribution in [0.4, 0.5) is 5.82 Å². The average Bonchev–Trinajstić information content (AvgIpc) is 2.38. The molecule has 2 rings (SSSR count). The summed E-state index contributed by atoms with van der Waals surface area (Å²) in [7, 11) is 0. The first-order valence-electron chi connectivity index (χ1n) is 6.59. The van der Waals surface area contributed by atoms with Crippen LogP contribution in [0.1, 0.15) is 43.7 Å². The third kappa shape index (κ3) is 2.60. The third-order valence-corrected chi connectivity index (χ3v) is 3.66. The first kappa shape index (κ1) is 12.4. The monoisotopic (exact) mass is 234 g/mol. The van der Waals surface area contributed by atoms with Crippen molar-refractivity contribution in [1.82, 2.24) is 4.98 Å². The molecule has 1 aliphatic heterocycles. The van der Waals surface area contributed by atoms with Crippen LogP contribution in [0, 0.1) is 6.92 Å². The summed E-state index contributed by atoms with van der Waals surface area (Å²) in [6, 6.07) is 2.68. The molecule has 2 heterocycles. The van der Waals surface area contributed by atoms with Crippen molar-refractivity contribution in [3.05, 3.63) is 23.4 Å². The van der Waals surface area contributed by atoms with E-state index in [1.54, 1.807) is 6.20 Å². The molecule has 3 nitrogen and oxygen atoms in total. The Morgan fingerprint density at radius 3 is 2.94 bits per heavy atom. The minimum absolute atomic E-state index is 0.0747. The molecule has 1 fully saturated rings. The molecule has 0 aromatic carbocycles. The van der Waals surface area contributed by atoms with Crippen molar-refractivity contribution in [2.24, 2.45) is 0 Å². The topological polar surface area (TPSA) is 36.4 Å². The zero-order chi connectivity index (χ0) is 12.3. The number of hydrogen-bond acceptors (Lipinski definition) is 3. The van der Waals surface area contributed by atoms with Crippen LogP contribution in [0.5, 0.6) is 0 Å². The number of pyridine rings is 1. The van der Waals surface area contributed by atoms with Gasteiger partial charge in [0.25, 0.3) is 0 Å². The number of aromatic nitrogens is 1. The van der Waals surface area contributed by atoms with Crippen LogP contribution >= 0.6 is 0 Å². The van der Waals surface area contributed by atoms with Gasteiger partial charge in [0, 0.05) is 18.8 Å². The molecule has 1 N–H and O–H groups in total. The SMILES string of the molecule is CCC1CCCCN1c1ncc(CO)cc1C. The fraction of sp³-hybridized carbons (Fsp3) is 0.643. The fourth-order valence-electron chi connectivity index (χ4n) is 2.72. The molecule has 0 radical (unpaired) electrons. The van der Waals surface area contributed by atoms with Crippen molar-refractivity contribution >= 4 is 5.82 Å². The second kappa shape index (κ2) is 5.50. The van der Waals surface area contributed by atoms with Crippen molar-refractivity contribution in [1.29, 1.82) is 0 Å². The van der Waals surface area contributed by atoms with E-state index >= 15 is 0 Å². The molecule has 0 amide bonds. The Balaban J connectivity index is 2.25. The van der Waals surface area contributed by atoms with Crippen molar-refractivity contribution in [2.75, 3.05) is 11.4 Å². The Morgan fingerprint density at radius 1 is 1.47 bits per heavy atom. The lowest BCUT2D eigenvalue weighted by molar-refractivity contribution is 0.281. The first-order chi connectivity index (χ1) is 8.26. The smallest absolute Gasteiger partial charge is 0.131 e. The van der Waals surface area contributed by atoms with Crippen molar-refractivity contribution in [2.45, 2.75) is 52.2 Å². The van der Waals surface area contributed by atoms with Crippen molar-refractivity contribution in [3.63, 3.8) is 0 Å². The summed E-state index contributed by atoms with van der Waals surface area (Å²) in [6.45, 7) is 5.53. The molecule has 17 heavy (non-hydrogen) atoms. The lowest BCUT2D eigenvalue weighted by Crippen LogP contribution is -2.40. The second-order valence-corrected chi connectivity index (χ2v) is 4.89. The standard InChI is InChI=1S/C14H22N2O/c1-3-13-6-4-5-7-16(13)14-11(2)8-12(10-17)9-15-14/h8-9,13,17H,3-7,10H2,1-2H3. The Hall–Kier alpha value is -1.09. The largest absolute Gasteiger partial charge is 0.392 e. The molecule has 1 aromatic heterocycles. The first-order valence-corrected chi connectivity index (χ1v) is 6.59. The van der Waals surface area contributed by atoms with E-state index in [1.165, 1.54) is 31.2 Å².